The van der Waals surface area contributed by atoms with Crippen molar-refractivity contribution >= 4 is 17.7 Å². The maximum absolute atomic E-state index is 12.0. The van der Waals surface area contributed by atoms with Gasteiger partial charge in [0.2, 0.25) is 0 Å². The quantitative estimate of drug-likeness (QED) is 0.877. The second-order valence-corrected chi connectivity index (χ2v) is 6.04. The molecule has 18 heavy (non-hydrogen) atoms. The minimum Gasteiger partial charge on any atom is -0.380 e. The highest BCUT2D eigenvalue weighted by atomic mass is 32.2. The number of aliphatic hydroxyl groups is 1. The van der Waals surface area contributed by atoms with E-state index in [1.807, 2.05) is 31.2 Å². The molecule has 0 aromatic heterocycles. The molecule has 0 unspecified atom stereocenters. The molecule has 2 N–H and O–H groups in total. The van der Waals surface area contributed by atoms with Gasteiger partial charge in [-0.2, -0.15) is 11.8 Å². The Morgan fingerprint density at radius 2 is 2.17 bits per heavy atom. The van der Waals surface area contributed by atoms with E-state index < -0.39 is 5.60 Å². The van der Waals surface area contributed by atoms with Crippen LogP contribution < -0.4 is 5.32 Å². The first-order valence-electron chi connectivity index (χ1n) is 6.24. The topological polar surface area (TPSA) is 49.3 Å². The van der Waals surface area contributed by atoms with Crippen LogP contribution in [0, 0.1) is 6.92 Å². The zero-order chi connectivity index (χ0) is 13.0. The van der Waals surface area contributed by atoms with Gasteiger partial charge in [-0.3, -0.25) is 4.79 Å². The molecule has 0 atom stereocenters. The van der Waals surface area contributed by atoms with Gasteiger partial charge in [0, 0.05) is 6.54 Å². The lowest BCUT2D eigenvalue weighted by Crippen LogP contribution is -2.48. The highest BCUT2D eigenvalue weighted by molar-refractivity contribution is 7.99. The molecule has 1 aromatic carbocycles. The summed E-state index contributed by atoms with van der Waals surface area (Å²) in [5, 5.41) is 13.1. The Morgan fingerprint density at radius 1 is 1.44 bits per heavy atom. The van der Waals surface area contributed by atoms with Crippen LogP contribution in [-0.2, 0) is 11.3 Å². The number of aryl methyl sites for hydroxylation is 1. The smallest absolute Gasteiger partial charge is 0.252 e. The van der Waals surface area contributed by atoms with Gasteiger partial charge in [-0.15, -0.1) is 0 Å². The molecule has 98 valence electrons. The molecular formula is C14H19NO2S. The van der Waals surface area contributed by atoms with Crippen molar-refractivity contribution in [3.05, 3.63) is 35.4 Å². The van der Waals surface area contributed by atoms with E-state index in [0.29, 0.717) is 19.4 Å². The lowest BCUT2D eigenvalue weighted by molar-refractivity contribution is -0.140. The first-order chi connectivity index (χ1) is 8.60. The van der Waals surface area contributed by atoms with Gasteiger partial charge in [-0.1, -0.05) is 29.8 Å². The van der Waals surface area contributed by atoms with Gasteiger partial charge in [0.15, 0.2) is 0 Å². The van der Waals surface area contributed by atoms with Crippen LogP contribution in [0.25, 0.3) is 0 Å². The van der Waals surface area contributed by atoms with Gasteiger partial charge in [-0.05, 0) is 36.8 Å². The van der Waals surface area contributed by atoms with E-state index in [4.69, 9.17) is 0 Å². The van der Waals surface area contributed by atoms with Gasteiger partial charge in [-0.25, -0.2) is 0 Å². The molecule has 0 bridgehead atoms. The molecule has 1 saturated heterocycles. The number of nitrogens with one attached hydrogen (secondary N) is 1. The Hall–Kier alpha value is -1.00. The molecule has 1 aromatic rings. The highest BCUT2D eigenvalue weighted by Gasteiger charge is 2.36. The Bertz CT molecular complexity index is 428. The van der Waals surface area contributed by atoms with Crippen molar-refractivity contribution in [1.82, 2.24) is 5.32 Å². The largest absolute Gasteiger partial charge is 0.380 e. The second-order valence-electron chi connectivity index (χ2n) is 4.82. The summed E-state index contributed by atoms with van der Waals surface area (Å²) in [6.07, 6.45) is 1.11. The molecule has 0 saturated carbocycles. The van der Waals surface area contributed by atoms with Gasteiger partial charge < -0.3 is 10.4 Å². The molecule has 0 spiro atoms. The fraction of sp³-hybridized carbons (Fsp3) is 0.500. The van der Waals surface area contributed by atoms with Crippen molar-refractivity contribution in [2.45, 2.75) is 31.9 Å². The van der Waals surface area contributed by atoms with Gasteiger partial charge in [0.25, 0.3) is 5.91 Å². The molecule has 0 aliphatic carbocycles. The Kier molecular flexibility index (Phi) is 4.30. The SMILES string of the molecule is Cc1cccc(CNC(=O)C2(O)CCSCC2)c1. The van der Waals surface area contributed by atoms with Crippen LogP contribution in [-0.4, -0.2) is 28.1 Å². The van der Waals surface area contributed by atoms with Crippen LogP contribution >= 0.6 is 11.8 Å². The minimum absolute atomic E-state index is 0.232. The Labute approximate surface area is 112 Å². The zero-order valence-corrected chi connectivity index (χ0v) is 11.4. The van der Waals surface area contributed by atoms with Crippen LogP contribution in [0.3, 0.4) is 0 Å². The Morgan fingerprint density at radius 3 is 2.83 bits per heavy atom. The summed E-state index contributed by atoms with van der Waals surface area (Å²) in [6, 6.07) is 8.02. The predicted molar refractivity (Wildman–Crippen MR) is 74.5 cm³/mol. The molecule has 2 rings (SSSR count). The first kappa shape index (κ1) is 13.4. The molecule has 4 heteroatoms. The second kappa shape index (κ2) is 5.76. The lowest BCUT2D eigenvalue weighted by atomic mass is 9.95. The van der Waals surface area contributed by atoms with Gasteiger partial charge in [0.05, 0.1) is 0 Å². The molecule has 1 aliphatic rings. The molecule has 1 amide bonds. The molecule has 3 nitrogen and oxygen atoms in total. The highest BCUT2D eigenvalue weighted by Crippen LogP contribution is 2.27. The third kappa shape index (κ3) is 3.27. The van der Waals surface area contributed by atoms with E-state index in [1.165, 1.54) is 5.56 Å². The number of amides is 1. The maximum Gasteiger partial charge on any atom is 0.252 e. The summed E-state index contributed by atoms with van der Waals surface area (Å²) in [7, 11) is 0. The third-order valence-corrected chi connectivity index (χ3v) is 4.26. The molecule has 1 heterocycles. The minimum atomic E-state index is -1.16. The molecule has 1 fully saturated rings. The normalized spacial score (nSPS) is 18.3. The van der Waals surface area contributed by atoms with Crippen molar-refractivity contribution in [2.75, 3.05) is 11.5 Å². The number of hydrogen-bond acceptors (Lipinski definition) is 3. The number of hydrogen-bond donors (Lipinski definition) is 2. The summed E-state index contributed by atoms with van der Waals surface area (Å²) in [6.45, 7) is 2.51. The summed E-state index contributed by atoms with van der Waals surface area (Å²) >= 11 is 1.79. The zero-order valence-electron chi connectivity index (χ0n) is 10.6. The summed E-state index contributed by atoms with van der Waals surface area (Å²) in [5.41, 5.74) is 1.08. The van der Waals surface area contributed by atoms with Gasteiger partial charge in [0.1, 0.15) is 5.60 Å². The lowest BCUT2D eigenvalue weighted by Gasteiger charge is -2.30. The van der Waals surface area contributed by atoms with E-state index in [-0.39, 0.29) is 5.91 Å². The number of benzene rings is 1. The predicted octanol–water partition coefficient (Wildman–Crippen LogP) is 1.87. The van der Waals surface area contributed by atoms with E-state index in [9.17, 15) is 9.90 Å². The first-order valence-corrected chi connectivity index (χ1v) is 7.40. The average molecular weight is 265 g/mol. The van der Waals surface area contributed by atoms with E-state index in [0.717, 1.165) is 17.1 Å². The monoisotopic (exact) mass is 265 g/mol. The fourth-order valence-corrected chi connectivity index (χ4v) is 3.27. The number of rotatable bonds is 3. The summed E-state index contributed by atoms with van der Waals surface area (Å²) in [4.78, 5) is 12.0. The van der Waals surface area contributed by atoms with Crippen molar-refractivity contribution < 1.29 is 9.90 Å². The number of thioether (sulfide) groups is 1. The number of carbonyl (C=O) groups is 1. The van der Waals surface area contributed by atoms with Crippen molar-refractivity contribution in [3.8, 4) is 0 Å². The fourth-order valence-electron chi connectivity index (χ4n) is 2.11. The summed E-state index contributed by atoms with van der Waals surface area (Å²) in [5.74, 6) is 1.48. The van der Waals surface area contributed by atoms with Crippen LogP contribution in [0.5, 0.6) is 0 Å². The molecular weight excluding hydrogens is 246 g/mol. The van der Waals surface area contributed by atoms with Crippen molar-refractivity contribution in [2.24, 2.45) is 0 Å². The van der Waals surface area contributed by atoms with Crippen molar-refractivity contribution in [3.63, 3.8) is 0 Å². The van der Waals surface area contributed by atoms with Crippen LogP contribution in [0.1, 0.15) is 24.0 Å². The maximum atomic E-state index is 12.0. The average Bonchev–Trinajstić information content (AvgIpc) is 2.37. The van der Waals surface area contributed by atoms with E-state index in [2.05, 4.69) is 5.32 Å². The van der Waals surface area contributed by atoms with Crippen LogP contribution in [0.15, 0.2) is 24.3 Å². The number of carbonyl (C=O) groups excluding carboxylic acids is 1. The molecule has 1 aliphatic heterocycles. The Balaban J connectivity index is 1.91. The molecule has 0 radical (unpaired) electrons. The van der Waals surface area contributed by atoms with Crippen LogP contribution in [0.4, 0.5) is 0 Å². The van der Waals surface area contributed by atoms with Crippen LogP contribution in [0.2, 0.25) is 0 Å². The van der Waals surface area contributed by atoms with E-state index >= 15 is 0 Å². The standard InChI is InChI=1S/C14H19NO2S/c1-11-3-2-4-12(9-11)10-15-13(16)14(17)5-7-18-8-6-14/h2-4,9,17H,5-8,10H2,1H3,(H,15,16). The summed E-state index contributed by atoms with van der Waals surface area (Å²) < 4.78 is 0. The van der Waals surface area contributed by atoms with Crippen molar-refractivity contribution in [1.29, 1.82) is 0 Å². The third-order valence-electron chi connectivity index (χ3n) is 3.28. The van der Waals surface area contributed by atoms with Gasteiger partial charge >= 0.3 is 0 Å². The van der Waals surface area contributed by atoms with E-state index in [1.54, 1.807) is 11.8 Å².